The monoisotopic (exact) mass is 405 g/mol. The molecular weight excluding hydrogens is 382 g/mol. The Hall–Kier alpha value is -3.59. The second-order valence-corrected chi connectivity index (χ2v) is 7.01. The third-order valence-corrected chi connectivity index (χ3v) is 4.96. The quantitative estimate of drug-likeness (QED) is 0.469. The lowest BCUT2D eigenvalue weighted by atomic mass is 10.0. The van der Waals surface area contributed by atoms with E-state index in [1.54, 1.807) is 23.0 Å². The van der Waals surface area contributed by atoms with Gasteiger partial charge in [-0.1, -0.05) is 6.92 Å². The molecule has 9 heteroatoms. The minimum absolute atomic E-state index is 0.313. The molecule has 2 amide bonds. The molecule has 9 nitrogen and oxygen atoms in total. The van der Waals surface area contributed by atoms with Crippen molar-refractivity contribution in [2.24, 2.45) is 0 Å². The molecule has 0 aliphatic rings. The van der Waals surface area contributed by atoms with E-state index in [0.29, 0.717) is 30.1 Å². The van der Waals surface area contributed by atoms with Gasteiger partial charge in [-0.3, -0.25) is 10.3 Å². The Morgan fingerprint density at radius 1 is 1.13 bits per heavy atom. The lowest BCUT2D eigenvalue weighted by Gasteiger charge is -2.13. The van der Waals surface area contributed by atoms with Crippen LogP contribution in [0, 0.1) is 6.92 Å². The molecule has 4 rings (SSSR count). The van der Waals surface area contributed by atoms with E-state index in [1.807, 2.05) is 32.9 Å². The van der Waals surface area contributed by atoms with Crippen LogP contribution in [0.1, 0.15) is 37.6 Å². The van der Waals surface area contributed by atoms with E-state index in [-0.39, 0.29) is 6.03 Å². The fraction of sp³-hybridized carbons (Fsp3) is 0.286. The van der Waals surface area contributed by atoms with Crippen LogP contribution in [0.2, 0.25) is 0 Å². The summed E-state index contributed by atoms with van der Waals surface area (Å²) < 4.78 is 1.73. The van der Waals surface area contributed by atoms with E-state index in [1.165, 1.54) is 6.33 Å². The Bertz CT molecular complexity index is 1230. The Morgan fingerprint density at radius 3 is 2.70 bits per heavy atom. The molecular formula is C21H23N7O2. The predicted molar refractivity (Wildman–Crippen MR) is 114 cm³/mol. The minimum Gasteiger partial charge on any atom is -0.387 e. The third kappa shape index (κ3) is 3.55. The Kier molecular flexibility index (Phi) is 5.28. The van der Waals surface area contributed by atoms with Crippen LogP contribution in [0.25, 0.3) is 27.7 Å². The van der Waals surface area contributed by atoms with Crippen LogP contribution in [0.15, 0.2) is 36.9 Å². The largest absolute Gasteiger partial charge is 0.387 e. The van der Waals surface area contributed by atoms with Crippen molar-refractivity contribution in [1.82, 2.24) is 29.9 Å². The number of anilines is 1. The first-order valence-electron chi connectivity index (χ1n) is 9.84. The van der Waals surface area contributed by atoms with Crippen LogP contribution in [0.3, 0.4) is 0 Å². The van der Waals surface area contributed by atoms with E-state index >= 15 is 0 Å². The molecule has 4 aromatic rings. The zero-order valence-electron chi connectivity index (χ0n) is 17.0. The van der Waals surface area contributed by atoms with Crippen LogP contribution in [0.5, 0.6) is 0 Å². The van der Waals surface area contributed by atoms with E-state index in [2.05, 4.69) is 30.7 Å². The van der Waals surface area contributed by atoms with Crippen molar-refractivity contribution in [2.75, 3.05) is 11.9 Å². The first kappa shape index (κ1) is 19.7. The van der Waals surface area contributed by atoms with Gasteiger partial charge in [0.05, 0.1) is 17.3 Å². The molecule has 0 radical (unpaired) electrons. The SMILES string of the molecule is CCNC(=O)Nc1cc2c(cn1)cc(-c1cnc(C(O)CC)cc1C)c1ncnn12. The van der Waals surface area contributed by atoms with Gasteiger partial charge < -0.3 is 10.4 Å². The average molecular weight is 405 g/mol. The number of carbonyl (C=O) groups is 1. The maximum Gasteiger partial charge on any atom is 0.320 e. The number of hydrogen-bond donors (Lipinski definition) is 3. The Balaban J connectivity index is 1.82. The highest BCUT2D eigenvalue weighted by atomic mass is 16.3. The second kappa shape index (κ2) is 8.03. The fourth-order valence-corrected chi connectivity index (χ4v) is 3.41. The number of amides is 2. The molecule has 0 aliphatic heterocycles. The van der Waals surface area contributed by atoms with E-state index in [9.17, 15) is 9.90 Å². The predicted octanol–water partition coefficient (Wildman–Crippen LogP) is 3.23. The topological polar surface area (TPSA) is 117 Å². The van der Waals surface area contributed by atoms with E-state index in [0.717, 1.165) is 27.6 Å². The number of nitrogens with zero attached hydrogens (tertiary/aromatic N) is 5. The van der Waals surface area contributed by atoms with E-state index < -0.39 is 6.10 Å². The van der Waals surface area contributed by atoms with Gasteiger partial charge >= 0.3 is 6.03 Å². The van der Waals surface area contributed by atoms with Crippen molar-refractivity contribution < 1.29 is 9.90 Å². The zero-order valence-corrected chi connectivity index (χ0v) is 17.0. The van der Waals surface area contributed by atoms with Crippen molar-refractivity contribution in [3.8, 4) is 11.1 Å². The van der Waals surface area contributed by atoms with Crippen LogP contribution in [-0.2, 0) is 0 Å². The van der Waals surface area contributed by atoms with Gasteiger partial charge in [0.25, 0.3) is 0 Å². The summed E-state index contributed by atoms with van der Waals surface area (Å²) >= 11 is 0. The van der Waals surface area contributed by atoms with Gasteiger partial charge in [-0.2, -0.15) is 5.10 Å². The molecule has 0 saturated heterocycles. The molecule has 0 fully saturated rings. The van der Waals surface area contributed by atoms with Gasteiger partial charge in [0.1, 0.15) is 12.1 Å². The summed E-state index contributed by atoms with van der Waals surface area (Å²) in [6, 6.07) is 5.34. The van der Waals surface area contributed by atoms with Crippen LogP contribution < -0.4 is 10.6 Å². The van der Waals surface area contributed by atoms with Crippen LogP contribution in [0.4, 0.5) is 10.6 Å². The number of rotatable bonds is 5. The van der Waals surface area contributed by atoms with E-state index in [4.69, 9.17) is 0 Å². The molecule has 154 valence electrons. The van der Waals surface area contributed by atoms with Gasteiger partial charge in [-0.15, -0.1) is 0 Å². The van der Waals surface area contributed by atoms with Crippen molar-refractivity contribution in [3.05, 3.63) is 48.2 Å². The number of carbonyl (C=O) groups excluding carboxylic acids is 1. The smallest absolute Gasteiger partial charge is 0.320 e. The number of nitrogens with one attached hydrogen (secondary N) is 2. The van der Waals surface area contributed by atoms with Gasteiger partial charge in [0, 0.05) is 41.5 Å². The zero-order chi connectivity index (χ0) is 21.3. The Morgan fingerprint density at radius 2 is 1.97 bits per heavy atom. The lowest BCUT2D eigenvalue weighted by Crippen LogP contribution is -2.28. The maximum absolute atomic E-state index is 11.8. The summed E-state index contributed by atoms with van der Waals surface area (Å²) in [7, 11) is 0. The molecule has 4 heterocycles. The van der Waals surface area contributed by atoms with Crippen LogP contribution >= 0.6 is 0 Å². The van der Waals surface area contributed by atoms with Gasteiger partial charge in [-0.05, 0) is 38.0 Å². The van der Waals surface area contributed by atoms with Gasteiger partial charge in [0.2, 0.25) is 0 Å². The number of pyridine rings is 3. The minimum atomic E-state index is -0.581. The molecule has 0 saturated carbocycles. The lowest BCUT2D eigenvalue weighted by molar-refractivity contribution is 0.169. The molecule has 0 spiro atoms. The summed E-state index contributed by atoms with van der Waals surface area (Å²) in [5.41, 5.74) is 4.86. The second-order valence-electron chi connectivity index (χ2n) is 7.01. The number of aromatic nitrogens is 5. The summed E-state index contributed by atoms with van der Waals surface area (Å²) in [6.45, 7) is 6.27. The average Bonchev–Trinajstić information content (AvgIpc) is 3.23. The number of urea groups is 1. The normalized spacial score (nSPS) is 12.3. The molecule has 0 bridgehead atoms. The van der Waals surface area contributed by atoms with Crippen molar-refractivity contribution in [1.29, 1.82) is 0 Å². The summed E-state index contributed by atoms with van der Waals surface area (Å²) in [6.07, 6.45) is 4.97. The highest BCUT2D eigenvalue weighted by Gasteiger charge is 2.16. The molecule has 0 aromatic carbocycles. The highest BCUT2D eigenvalue weighted by Crippen LogP contribution is 2.31. The molecule has 1 atom stereocenters. The van der Waals surface area contributed by atoms with Crippen molar-refractivity contribution in [3.63, 3.8) is 0 Å². The summed E-state index contributed by atoms with van der Waals surface area (Å²) in [5.74, 6) is 0.425. The van der Waals surface area contributed by atoms with Gasteiger partial charge in [0.15, 0.2) is 5.65 Å². The summed E-state index contributed by atoms with van der Waals surface area (Å²) in [5, 5.41) is 20.7. The molecule has 4 aromatic heterocycles. The van der Waals surface area contributed by atoms with Crippen LogP contribution in [-0.4, -0.2) is 42.2 Å². The third-order valence-electron chi connectivity index (χ3n) is 4.96. The highest BCUT2D eigenvalue weighted by molar-refractivity contribution is 5.94. The fourth-order valence-electron chi connectivity index (χ4n) is 3.41. The standard InChI is InChI=1S/C21H23N7O2/c1-4-18(29)16-6-12(3)15(10-23-16)14-7-13-9-24-19(27-21(30)22-5-2)8-17(13)28-20(14)25-11-26-28/h6-11,18,29H,4-5H2,1-3H3,(H2,22,24,27,30). The number of aryl methyl sites for hydroxylation is 1. The molecule has 30 heavy (non-hydrogen) atoms. The number of fused-ring (bicyclic) bond motifs is 3. The number of aliphatic hydroxyl groups is 1. The Labute approximate surface area is 173 Å². The maximum atomic E-state index is 11.8. The van der Waals surface area contributed by atoms with Crippen molar-refractivity contribution in [2.45, 2.75) is 33.3 Å². The van der Waals surface area contributed by atoms with Crippen molar-refractivity contribution >= 4 is 28.4 Å². The van der Waals surface area contributed by atoms with Gasteiger partial charge in [-0.25, -0.2) is 19.3 Å². The molecule has 3 N–H and O–H groups in total. The number of aliphatic hydroxyl groups excluding tert-OH is 1. The molecule has 1 unspecified atom stereocenters. The molecule has 0 aliphatic carbocycles. The summed E-state index contributed by atoms with van der Waals surface area (Å²) in [4.78, 5) is 25.0. The number of hydrogen-bond acceptors (Lipinski definition) is 6. The first-order valence-corrected chi connectivity index (χ1v) is 9.84. The first-order chi connectivity index (χ1) is 14.5.